The molecule has 0 fully saturated rings. The van der Waals surface area contributed by atoms with Crippen LogP contribution in [0.15, 0.2) is 48.5 Å². The van der Waals surface area contributed by atoms with E-state index in [0.29, 0.717) is 22.0 Å². The highest BCUT2D eigenvalue weighted by molar-refractivity contribution is 5.93. The van der Waals surface area contributed by atoms with E-state index in [9.17, 15) is 13.6 Å². The van der Waals surface area contributed by atoms with Crippen LogP contribution in [0.5, 0.6) is 0 Å². The van der Waals surface area contributed by atoms with E-state index in [0.717, 1.165) is 4.68 Å². The molecule has 0 N–H and O–H groups in total. The third kappa shape index (κ3) is 2.99. The lowest BCUT2D eigenvalue weighted by Crippen LogP contribution is -2.21. The molecule has 3 aromatic rings. The number of fused-ring (bicyclic) bond motifs is 1. The molecule has 24 heavy (non-hydrogen) atoms. The second-order valence-corrected chi connectivity index (χ2v) is 5.78. The first kappa shape index (κ1) is 16.1. The van der Waals surface area contributed by atoms with Gasteiger partial charge in [-0.3, -0.25) is 4.79 Å². The van der Waals surface area contributed by atoms with Gasteiger partial charge < -0.3 is 4.90 Å². The van der Waals surface area contributed by atoms with Gasteiger partial charge in [0.2, 0.25) is 5.95 Å². The van der Waals surface area contributed by atoms with Crippen molar-refractivity contribution in [3.05, 3.63) is 65.6 Å². The highest BCUT2D eigenvalue weighted by Gasteiger charge is 2.17. The number of aromatic nitrogens is 2. The summed E-state index contributed by atoms with van der Waals surface area (Å²) in [5.41, 5.74) is 1.35. The average molecular weight is 329 g/mol. The standard InChI is InChI=1S/C18H17F2N3O/c1-22(2)18(24)13-9-7-12(8-10-13)15(19)11-23-17(20)14-5-3-4-6-16(14)21-23/h3-10,15H,11H2,1-2H3/t15-/m0/s1. The second-order valence-electron chi connectivity index (χ2n) is 5.78. The Hall–Kier alpha value is -2.76. The lowest BCUT2D eigenvalue weighted by molar-refractivity contribution is 0.0827. The zero-order chi connectivity index (χ0) is 17.3. The Balaban J connectivity index is 1.80. The van der Waals surface area contributed by atoms with Crippen molar-refractivity contribution in [2.24, 2.45) is 0 Å². The molecule has 0 saturated carbocycles. The summed E-state index contributed by atoms with van der Waals surface area (Å²) in [6.45, 7) is -0.221. The van der Waals surface area contributed by atoms with E-state index < -0.39 is 12.1 Å². The number of benzene rings is 2. The molecule has 0 unspecified atom stereocenters. The van der Waals surface area contributed by atoms with Gasteiger partial charge >= 0.3 is 0 Å². The van der Waals surface area contributed by atoms with E-state index >= 15 is 0 Å². The number of hydrogen-bond donors (Lipinski definition) is 0. The predicted molar refractivity (Wildman–Crippen MR) is 88.0 cm³/mol. The molecule has 0 saturated heterocycles. The van der Waals surface area contributed by atoms with Gasteiger partial charge in [0.1, 0.15) is 6.17 Å². The number of amides is 1. The molecule has 3 rings (SSSR count). The van der Waals surface area contributed by atoms with E-state index in [1.807, 2.05) is 0 Å². The second kappa shape index (κ2) is 6.39. The molecular formula is C18H17F2N3O. The van der Waals surface area contributed by atoms with Crippen LogP contribution in [0.3, 0.4) is 0 Å². The van der Waals surface area contributed by atoms with Crippen LogP contribution >= 0.6 is 0 Å². The summed E-state index contributed by atoms with van der Waals surface area (Å²) >= 11 is 0. The maximum atomic E-state index is 14.5. The van der Waals surface area contributed by atoms with E-state index in [1.54, 1.807) is 62.6 Å². The minimum atomic E-state index is -1.42. The van der Waals surface area contributed by atoms with Gasteiger partial charge in [0.25, 0.3) is 5.91 Å². The minimum absolute atomic E-state index is 0.152. The Labute approximate surface area is 138 Å². The molecule has 1 amide bonds. The van der Waals surface area contributed by atoms with E-state index in [4.69, 9.17) is 0 Å². The van der Waals surface area contributed by atoms with Crippen LogP contribution in [0, 0.1) is 5.95 Å². The number of carbonyl (C=O) groups is 1. The first-order valence-corrected chi connectivity index (χ1v) is 7.54. The summed E-state index contributed by atoms with van der Waals surface area (Å²) in [4.78, 5) is 13.3. The monoisotopic (exact) mass is 329 g/mol. The average Bonchev–Trinajstić information content (AvgIpc) is 2.90. The zero-order valence-electron chi connectivity index (χ0n) is 13.4. The van der Waals surface area contributed by atoms with E-state index in [-0.39, 0.29) is 12.5 Å². The largest absolute Gasteiger partial charge is 0.345 e. The van der Waals surface area contributed by atoms with Crippen molar-refractivity contribution in [3.63, 3.8) is 0 Å². The van der Waals surface area contributed by atoms with Crippen LogP contribution in [0.1, 0.15) is 22.1 Å². The number of nitrogens with zero attached hydrogens (tertiary/aromatic N) is 3. The van der Waals surface area contributed by atoms with Gasteiger partial charge in [-0.25, -0.2) is 9.07 Å². The lowest BCUT2D eigenvalue weighted by atomic mass is 10.1. The van der Waals surface area contributed by atoms with Gasteiger partial charge in [0, 0.05) is 19.7 Å². The Morgan fingerprint density at radius 1 is 1.17 bits per heavy atom. The van der Waals surface area contributed by atoms with Crippen LogP contribution in [-0.4, -0.2) is 34.7 Å². The first-order chi connectivity index (χ1) is 11.5. The molecule has 1 heterocycles. The molecule has 2 aromatic carbocycles. The molecule has 0 aliphatic heterocycles. The molecule has 0 aliphatic rings. The highest BCUT2D eigenvalue weighted by Crippen LogP contribution is 2.23. The molecule has 1 atom stereocenters. The maximum absolute atomic E-state index is 14.5. The molecular weight excluding hydrogens is 312 g/mol. The van der Waals surface area contributed by atoms with Gasteiger partial charge in [-0.1, -0.05) is 24.3 Å². The fourth-order valence-electron chi connectivity index (χ4n) is 2.52. The lowest BCUT2D eigenvalue weighted by Gasteiger charge is -2.12. The van der Waals surface area contributed by atoms with Gasteiger partial charge in [-0.15, -0.1) is 0 Å². The van der Waals surface area contributed by atoms with Crippen molar-refractivity contribution in [1.29, 1.82) is 0 Å². The van der Waals surface area contributed by atoms with Crippen molar-refractivity contribution >= 4 is 16.8 Å². The fourth-order valence-corrected chi connectivity index (χ4v) is 2.52. The van der Waals surface area contributed by atoms with Crippen LogP contribution in [0.2, 0.25) is 0 Å². The summed E-state index contributed by atoms with van der Waals surface area (Å²) in [7, 11) is 3.30. The smallest absolute Gasteiger partial charge is 0.253 e. The molecule has 6 heteroatoms. The predicted octanol–water partition coefficient (Wildman–Crippen LogP) is 3.59. The van der Waals surface area contributed by atoms with Gasteiger partial charge in [-0.05, 0) is 29.8 Å². The summed E-state index contributed by atoms with van der Waals surface area (Å²) in [5, 5.41) is 4.46. The first-order valence-electron chi connectivity index (χ1n) is 7.54. The molecule has 4 nitrogen and oxygen atoms in total. The number of alkyl halides is 1. The molecule has 124 valence electrons. The summed E-state index contributed by atoms with van der Waals surface area (Å²) in [6, 6.07) is 13.0. The van der Waals surface area contributed by atoms with Gasteiger partial charge in [-0.2, -0.15) is 9.49 Å². The zero-order valence-corrected chi connectivity index (χ0v) is 13.4. The SMILES string of the molecule is CN(C)C(=O)c1ccc([C@@H](F)Cn2nc3ccccc3c2F)cc1. The third-order valence-corrected chi connectivity index (χ3v) is 3.84. The number of carbonyl (C=O) groups excluding carboxylic acids is 1. The Morgan fingerprint density at radius 2 is 1.83 bits per heavy atom. The molecule has 0 spiro atoms. The van der Waals surface area contributed by atoms with Crippen molar-refractivity contribution in [2.75, 3.05) is 14.1 Å². The molecule has 0 bridgehead atoms. The molecule has 0 aliphatic carbocycles. The van der Waals surface area contributed by atoms with Crippen LogP contribution in [-0.2, 0) is 6.54 Å². The maximum Gasteiger partial charge on any atom is 0.253 e. The Bertz CT molecular complexity index is 872. The fraction of sp³-hybridized carbons (Fsp3) is 0.222. The Kier molecular flexibility index (Phi) is 4.29. The van der Waals surface area contributed by atoms with Crippen molar-refractivity contribution in [2.45, 2.75) is 12.7 Å². The highest BCUT2D eigenvalue weighted by atomic mass is 19.1. The minimum Gasteiger partial charge on any atom is -0.345 e. The molecule has 1 aromatic heterocycles. The third-order valence-electron chi connectivity index (χ3n) is 3.84. The van der Waals surface area contributed by atoms with Gasteiger partial charge in [0.15, 0.2) is 0 Å². The quantitative estimate of drug-likeness (QED) is 0.734. The summed E-state index contributed by atoms with van der Waals surface area (Å²) in [5.74, 6) is -0.700. The van der Waals surface area contributed by atoms with Crippen LogP contribution in [0.4, 0.5) is 8.78 Å². The molecule has 0 radical (unpaired) electrons. The summed E-state index contributed by atoms with van der Waals surface area (Å²) < 4.78 is 29.8. The van der Waals surface area contributed by atoms with Crippen LogP contribution < -0.4 is 0 Å². The summed E-state index contributed by atoms with van der Waals surface area (Å²) in [6.07, 6.45) is -1.42. The number of halogens is 2. The van der Waals surface area contributed by atoms with E-state index in [2.05, 4.69) is 5.10 Å². The van der Waals surface area contributed by atoms with Gasteiger partial charge in [0.05, 0.1) is 17.4 Å². The van der Waals surface area contributed by atoms with Crippen molar-refractivity contribution in [1.82, 2.24) is 14.7 Å². The Morgan fingerprint density at radius 3 is 2.46 bits per heavy atom. The van der Waals surface area contributed by atoms with Crippen molar-refractivity contribution < 1.29 is 13.6 Å². The number of hydrogen-bond acceptors (Lipinski definition) is 2. The number of rotatable bonds is 4. The van der Waals surface area contributed by atoms with E-state index in [1.165, 1.54) is 4.90 Å². The topological polar surface area (TPSA) is 38.1 Å². The van der Waals surface area contributed by atoms with Crippen LogP contribution in [0.25, 0.3) is 10.9 Å². The normalized spacial score (nSPS) is 12.3. The van der Waals surface area contributed by atoms with Crippen molar-refractivity contribution in [3.8, 4) is 0 Å².